The van der Waals surface area contributed by atoms with Crippen LogP contribution in [-0.4, -0.2) is 35.6 Å². The fourth-order valence-corrected chi connectivity index (χ4v) is 4.97. The van der Waals surface area contributed by atoms with Crippen molar-refractivity contribution in [2.75, 3.05) is 10.7 Å². The Morgan fingerprint density at radius 1 is 0.947 bits per heavy atom. The van der Waals surface area contributed by atoms with Gasteiger partial charge in [0.2, 0.25) is 11.8 Å². The van der Waals surface area contributed by atoms with Crippen LogP contribution in [0.5, 0.6) is 0 Å². The number of halogens is 2. The van der Waals surface area contributed by atoms with Crippen LogP contribution in [0.4, 0.5) is 14.5 Å². The lowest BCUT2D eigenvalue weighted by atomic mass is 9.78. The van der Waals surface area contributed by atoms with Crippen LogP contribution in [0.1, 0.15) is 41.7 Å². The quantitative estimate of drug-likeness (QED) is 0.264. The third-order valence-electron chi connectivity index (χ3n) is 6.45. The Labute approximate surface area is 218 Å². The molecule has 11 heteroatoms. The number of carbonyl (C=O) groups is 2. The standard InChI is InChI=1S/C27H26F2N2O6S/c28-20-7-5-18(6-8-20)24(32)14-13-23-26(31(27(23)34)22-11-9-21(29)10-12-22)19-3-1-17(2-4-19)15-30-25(33)16-38(35,36)37/h1-12,23-24,26,32H,13-16H2,(H,30,33)(H,35,36,37). The summed E-state index contributed by atoms with van der Waals surface area (Å²) in [6.07, 6.45) is -0.251. The van der Waals surface area contributed by atoms with E-state index in [2.05, 4.69) is 5.32 Å². The zero-order valence-electron chi connectivity index (χ0n) is 20.1. The number of aliphatic hydroxyl groups excluding tert-OH is 1. The molecule has 1 saturated heterocycles. The predicted octanol–water partition coefficient (Wildman–Crippen LogP) is 3.69. The summed E-state index contributed by atoms with van der Waals surface area (Å²) < 4.78 is 57.2. The minimum Gasteiger partial charge on any atom is -0.388 e. The molecule has 0 spiro atoms. The van der Waals surface area contributed by atoms with Gasteiger partial charge in [-0.2, -0.15) is 8.42 Å². The Kier molecular flexibility index (Phi) is 8.20. The number of β-lactam (4-membered cyclic amide) rings is 1. The minimum absolute atomic E-state index is 0.0349. The number of rotatable bonds is 10. The maximum absolute atomic E-state index is 13.5. The molecule has 4 rings (SSSR count). The van der Waals surface area contributed by atoms with Gasteiger partial charge in [-0.15, -0.1) is 0 Å². The van der Waals surface area contributed by atoms with E-state index in [0.29, 0.717) is 23.2 Å². The summed E-state index contributed by atoms with van der Waals surface area (Å²) in [4.78, 5) is 26.4. The van der Waals surface area contributed by atoms with Crippen molar-refractivity contribution in [3.63, 3.8) is 0 Å². The molecule has 0 radical (unpaired) electrons. The Balaban J connectivity index is 1.49. The van der Waals surface area contributed by atoms with E-state index in [4.69, 9.17) is 4.55 Å². The minimum atomic E-state index is -4.43. The van der Waals surface area contributed by atoms with Crippen molar-refractivity contribution in [3.8, 4) is 0 Å². The van der Waals surface area contributed by atoms with Crippen molar-refractivity contribution in [1.82, 2.24) is 5.32 Å². The van der Waals surface area contributed by atoms with Gasteiger partial charge in [0, 0.05) is 12.2 Å². The first-order valence-corrected chi connectivity index (χ1v) is 13.5. The van der Waals surface area contributed by atoms with Crippen LogP contribution in [0.15, 0.2) is 72.8 Å². The topological polar surface area (TPSA) is 124 Å². The number of amides is 2. The molecule has 3 N–H and O–H groups in total. The fraction of sp³-hybridized carbons (Fsp3) is 0.259. The first kappa shape index (κ1) is 27.4. The van der Waals surface area contributed by atoms with Crippen LogP contribution in [-0.2, 0) is 26.3 Å². The second kappa shape index (κ2) is 11.4. The van der Waals surface area contributed by atoms with Gasteiger partial charge in [-0.3, -0.25) is 14.1 Å². The summed E-state index contributed by atoms with van der Waals surface area (Å²) in [6.45, 7) is 0.0349. The van der Waals surface area contributed by atoms with Crippen molar-refractivity contribution in [2.24, 2.45) is 5.92 Å². The lowest BCUT2D eigenvalue weighted by Crippen LogP contribution is -2.55. The van der Waals surface area contributed by atoms with Crippen molar-refractivity contribution in [3.05, 3.63) is 101 Å². The number of nitrogens with one attached hydrogen (secondary N) is 1. The van der Waals surface area contributed by atoms with Gasteiger partial charge in [0.1, 0.15) is 11.6 Å². The van der Waals surface area contributed by atoms with Gasteiger partial charge < -0.3 is 15.3 Å². The summed E-state index contributed by atoms with van der Waals surface area (Å²) in [7, 11) is -4.43. The summed E-state index contributed by atoms with van der Waals surface area (Å²) >= 11 is 0. The molecule has 0 bridgehead atoms. The Morgan fingerprint density at radius 3 is 2.11 bits per heavy atom. The number of benzene rings is 3. The molecular weight excluding hydrogens is 518 g/mol. The fourth-order valence-electron chi connectivity index (χ4n) is 4.54. The summed E-state index contributed by atoms with van der Waals surface area (Å²) in [5.41, 5.74) is 2.52. The van der Waals surface area contributed by atoms with Crippen molar-refractivity contribution in [2.45, 2.75) is 31.5 Å². The lowest BCUT2D eigenvalue weighted by Gasteiger charge is -2.48. The second-order valence-electron chi connectivity index (χ2n) is 9.13. The van der Waals surface area contributed by atoms with E-state index >= 15 is 0 Å². The number of hydrogen-bond donors (Lipinski definition) is 3. The molecular formula is C27H26F2N2O6S. The van der Waals surface area contributed by atoms with E-state index in [1.807, 2.05) is 0 Å². The van der Waals surface area contributed by atoms with Crippen LogP contribution in [0, 0.1) is 17.6 Å². The Hall–Kier alpha value is -3.67. The first-order valence-electron chi connectivity index (χ1n) is 11.8. The molecule has 200 valence electrons. The van der Waals surface area contributed by atoms with Gasteiger partial charge in [0.05, 0.1) is 18.1 Å². The van der Waals surface area contributed by atoms with Crippen LogP contribution in [0.25, 0.3) is 0 Å². The maximum Gasteiger partial charge on any atom is 0.274 e. The lowest BCUT2D eigenvalue weighted by molar-refractivity contribution is -0.131. The molecule has 3 aromatic rings. The molecule has 0 saturated carbocycles. The van der Waals surface area contributed by atoms with E-state index in [0.717, 1.165) is 5.56 Å². The van der Waals surface area contributed by atoms with E-state index in [-0.39, 0.29) is 18.9 Å². The third-order valence-corrected chi connectivity index (χ3v) is 7.08. The molecule has 1 heterocycles. The summed E-state index contributed by atoms with van der Waals surface area (Å²) in [5, 5.41) is 13.0. The molecule has 1 aliphatic rings. The van der Waals surface area contributed by atoms with Gasteiger partial charge in [0.15, 0.2) is 5.75 Å². The van der Waals surface area contributed by atoms with E-state index in [1.165, 1.54) is 48.5 Å². The molecule has 2 amide bonds. The SMILES string of the molecule is O=C(CS(=O)(=O)O)NCc1ccc(C2C(CCC(O)c3ccc(F)cc3)C(=O)N2c2ccc(F)cc2)cc1. The van der Waals surface area contributed by atoms with E-state index in [9.17, 15) is 31.9 Å². The third kappa shape index (κ3) is 6.60. The summed E-state index contributed by atoms with van der Waals surface area (Å²) in [5.74, 6) is -3.36. The van der Waals surface area contributed by atoms with Crippen molar-refractivity contribution >= 4 is 27.6 Å². The summed E-state index contributed by atoms with van der Waals surface area (Å²) in [6, 6.07) is 17.7. The Bertz CT molecular complexity index is 1400. The largest absolute Gasteiger partial charge is 0.388 e. The molecule has 3 unspecified atom stereocenters. The van der Waals surface area contributed by atoms with Crippen molar-refractivity contribution in [1.29, 1.82) is 0 Å². The number of hydrogen-bond acceptors (Lipinski definition) is 5. The number of nitrogens with zero attached hydrogens (tertiary/aromatic N) is 1. The van der Waals surface area contributed by atoms with Gasteiger partial charge in [-0.05, 0) is 65.9 Å². The predicted molar refractivity (Wildman–Crippen MR) is 135 cm³/mol. The zero-order valence-corrected chi connectivity index (χ0v) is 20.9. The Morgan fingerprint density at radius 2 is 1.53 bits per heavy atom. The molecule has 3 atom stereocenters. The molecule has 1 fully saturated rings. The highest BCUT2D eigenvalue weighted by Gasteiger charge is 2.48. The zero-order chi connectivity index (χ0) is 27.4. The van der Waals surface area contributed by atoms with E-state index in [1.54, 1.807) is 29.2 Å². The average Bonchev–Trinajstić information content (AvgIpc) is 2.87. The van der Waals surface area contributed by atoms with E-state index < -0.39 is 51.5 Å². The van der Waals surface area contributed by atoms with Crippen LogP contribution in [0.2, 0.25) is 0 Å². The van der Waals surface area contributed by atoms with Crippen LogP contribution < -0.4 is 10.2 Å². The van der Waals surface area contributed by atoms with Gasteiger partial charge in [-0.25, -0.2) is 8.78 Å². The highest BCUT2D eigenvalue weighted by Crippen LogP contribution is 2.46. The highest BCUT2D eigenvalue weighted by molar-refractivity contribution is 7.86. The molecule has 8 nitrogen and oxygen atoms in total. The van der Waals surface area contributed by atoms with Gasteiger partial charge >= 0.3 is 0 Å². The number of carbonyl (C=O) groups excluding carboxylic acids is 2. The average molecular weight is 545 g/mol. The second-order valence-corrected chi connectivity index (χ2v) is 10.6. The smallest absolute Gasteiger partial charge is 0.274 e. The monoisotopic (exact) mass is 544 g/mol. The molecule has 3 aromatic carbocycles. The molecule has 0 aliphatic carbocycles. The molecule has 0 aromatic heterocycles. The van der Waals surface area contributed by atoms with Crippen molar-refractivity contribution < 1.29 is 36.4 Å². The number of anilines is 1. The molecule has 1 aliphatic heterocycles. The normalized spacial score (nSPS) is 18.1. The number of aliphatic hydroxyl groups is 1. The van der Waals surface area contributed by atoms with Crippen LogP contribution >= 0.6 is 0 Å². The maximum atomic E-state index is 13.5. The molecule has 38 heavy (non-hydrogen) atoms. The van der Waals surface area contributed by atoms with Crippen LogP contribution in [0.3, 0.4) is 0 Å². The first-order chi connectivity index (χ1) is 18.0. The van der Waals surface area contributed by atoms with Gasteiger partial charge in [0.25, 0.3) is 10.1 Å². The highest BCUT2D eigenvalue weighted by atomic mass is 32.2. The van der Waals surface area contributed by atoms with Gasteiger partial charge in [-0.1, -0.05) is 36.4 Å².